The molecule has 0 aliphatic carbocycles. The lowest BCUT2D eigenvalue weighted by Crippen LogP contribution is -2.24. The molecule has 0 aromatic heterocycles. The van der Waals surface area contributed by atoms with Crippen molar-refractivity contribution in [3.63, 3.8) is 0 Å². The number of thiol groups is 1. The summed E-state index contributed by atoms with van der Waals surface area (Å²) in [6.07, 6.45) is -0.366. The standard InChI is InChI=1S/C6H14O2S/c1-3-5(9)4(2)6(7)8/h4-9H,3H2,1-2H3. The molecule has 9 heavy (non-hydrogen) atoms. The molecule has 0 radical (unpaired) electrons. The number of rotatable bonds is 3. The van der Waals surface area contributed by atoms with Crippen molar-refractivity contribution in [1.82, 2.24) is 0 Å². The van der Waals surface area contributed by atoms with E-state index in [4.69, 9.17) is 10.2 Å². The van der Waals surface area contributed by atoms with Crippen LogP contribution in [0, 0.1) is 5.92 Å². The molecule has 56 valence electrons. The van der Waals surface area contributed by atoms with Gasteiger partial charge in [-0.2, -0.15) is 12.6 Å². The molecule has 2 atom stereocenters. The van der Waals surface area contributed by atoms with E-state index in [9.17, 15) is 0 Å². The van der Waals surface area contributed by atoms with Crippen molar-refractivity contribution < 1.29 is 10.2 Å². The molecule has 0 saturated heterocycles. The predicted octanol–water partition coefficient (Wildman–Crippen LogP) is 0.642. The molecule has 2 N–H and O–H groups in total. The van der Waals surface area contributed by atoms with Gasteiger partial charge in [-0.05, 0) is 6.42 Å². The average molecular weight is 150 g/mol. The molecular weight excluding hydrogens is 136 g/mol. The molecule has 2 unspecified atom stereocenters. The van der Waals surface area contributed by atoms with E-state index in [0.717, 1.165) is 6.42 Å². The van der Waals surface area contributed by atoms with Crippen LogP contribution in [0.25, 0.3) is 0 Å². The predicted molar refractivity (Wildman–Crippen MR) is 40.5 cm³/mol. The number of hydrogen-bond donors (Lipinski definition) is 3. The van der Waals surface area contributed by atoms with Crippen molar-refractivity contribution in [1.29, 1.82) is 0 Å². The van der Waals surface area contributed by atoms with E-state index >= 15 is 0 Å². The van der Waals surface area contributed by atoms with E-state index < -0.39 is 6.29 Å². The smallest absolute Gasteiger partial charge is 0.155 e. The maximum absolute atomic E-state index is 8.63. The van der Waals surface area contributed by atoms with Gasteiger partial charge in [0.1, 0.15) is 0 Å². The average Bonchev–Trinajstić information content (AvgIpc) is 1.84. The minimum absolute atomic E-state index is 0.0880. The van der Waals surface area contributed by atoms with E-state index in [1.54, 1.807) is 6.92 Å². The minimum Gasteiger partial charge on any atom is -0.368 e. The van der Waals surface area contributed by atoms with Crippen LogP contribution < -0.4 is 0 Å². The summed E-state index contributed by atoms with van der Waals surface area (Å²) < 4.78 is 0. The lowest BCUT2D eigenvalue weighted by molar-refractivity contribution is -0.0785. The molecule has 0 aromatic carbocycles. The first-order chi connectivity index (χ1) is 4.09. The van der Waals surface area contributed by atoms with Crippen molar-refractivity contribution in [2.45, 2.75) is 31.8 Å². The van der Waals surface area contributed by atoms with Gasteiger partial charge in [0.25, 0.3) is 0 Å². The highest BCUT2D eigenvalue weighted by atomic mass is 32.1. The highest BCUT2D eigenvalue weighted by Crippen LogP contribution is 2.15. The quantitative estimate of drug-likeness (QED) is 0.408. The fourth-order valence-electron chi connectivity index (χ4n) is 0.570. The van der Waals surface area contributed by atoms with Gasteiger partial charge >= 0.3 is 0 Å². The van der Waals surface area contributed by atoms with Crippen molar-refractivity contribution in [2.75, 3.05) is 0 Å². The minimum atomic E-state index is -1.23. The third-order valence-electron chi connectivity index (χ3n) is 1.50. The lowest BCUT2D eigenvalue weighted by atomic mass is 10.1. The van der Waals surface area contributed by atoms with Gasteiger partial charge in [0.05, 0.1) is 0 Å². The highest BCUT2D eigenvalue weighted by molar-refractivity contribution is 7.81. The Morgan fingerprint density at radius 1 is 1.44 bits per heavy atom. The van der Waals surface area contributed by atoms with Crippen LogP contribution in [0.1, 0.15) is 20.3 Å². The molecule has 0 aliphatic rings. The van der Waals surface area contributed by atoms with Gasteiger partial charge in [0.2, 0.25) is 0 Å². The second kappa shape index (κ2) is 4.14. The number of hydrogen-bond acceptors (Lipinski definition) is 3. The summed E-state index contributed by atoms with van der Waals surface area (Å²) in [4.78, 5) is 0. The molecule has 0 heterocycles. The topological polar surface area (TPSA) is 40.5 Å². The summed E-state index contributed by atoms with van der Waals surface area (Å²) in [6, 6.07) is 0. The third-order valence-corrected chi connectivity index (χ3v) is 2.33. The van der Waals surface area contributed by atoms with E-state index in [-0.39, 0.29) is 11.2 Å². The van der Waals surface area contributed by atoms with Gasteiger partial charge in [0, 0.05) is 11.2 Å². The number of aliphatic hydroxyl groups is 2. The molecule has 3 heteroatoms. The lowest BCUT2D eigenvalue weighted by Gasteiger charge is -2.18. The Bertz CT molecular complexity index is 75.5. The third kappa shape index (κ3) is 3.08. The zero-order valence-electron chi connectivity index (χ0n) is 5.78. The van der Waals surface area contributed by atoms with E-state index in [2.05, 4.69) is 12.6 Å². The molecule has 0 spiro atoms. The second-order valence-electron chi connectivity index (χ2n) is 2.25. The van der Waals surface area contributed by atoms with E-state index in [1.165, 1.54) is 0 Å². The fourth-order valence-corrected chi connectivity index (χ4v) is 0.724. The van der Waals surface area contributed by atoms with Crippen molar-refractivity contribution in [2.24, 2.45) is 5.92 Å². The van der Waals surface area contributed by atoms with Gasteiger partial charge in [-0.25, -0.2) is 0 Å². The summed E-state index contributed by atoms with van der Waals surface area (Å²) in [5.74, 6) is -0.140. The summed E-state index contributed by atoms with van der Waals surface area (Å²) >= 11 is 4.14. The van der Waals surface area contributed by atoms with Gasteiger partial charge in [-0.3, -0.25) is 0 Å². The summed E-state index contributed by atoms with van der Waals surface area (Å²) in [5.41, 5.74) is 0. The molecule has 0 aromatic rings. The van der Waals surface area contributed by atoms with Crippen LogP contribution in [-0.2, 0) is 0 Å². The van der Waals surface area contributed by atoms with Gasteiger partial charge in [-0.15, -0.1) is 0 Å². The Morgan fingerprint density at radius 3 is 2.00 bits per heavy atom. The van der Waals surface area contributed by atoms with Crippen LogP contribution in [0.2, 0.25) is 0 Å². The first-order valence-corrected chi connectivity index (χ1v) is 3.65. The Hall–Kier alpha value is 0.270. The van der Waals surface area contributed by atoms with Gasteiger partial charge in [0.15, 0.2) is 6.29 Å². The van der Waals surface area contributed by atoms with Crippen LogP contribution >= 0.6 is 12.6 Å². The first-order valence-electron chi connectivity index (χ1n) is 3.13. The maximum Gasteiger partial charge on any atom is 0.155 e. The van der Waals surface area contributed by atoms with E-state index in [0.29, 0.717) is 0 Å². The molecule has 0 bridgehead atoms. The van der Waals surface area contributed by atoms with Gasteiger partial charge in [-0.1, -0.05) is 13.8 Å². The molecule has 0 rings (SSSR count). The molecule has 2 nitrogen and oxygen atoms in total. The van der Waals surface area contributed by atoms with E-state index in [1.807, 2.05) is 6.92 Å². The Balaban J connectivity index is 3.58. The van der Waals surface area contributed by atoms with Crippen LogP contribution in [0.15, 0.2) is 0 Å². The van der Waals surface area contributed by atoms with Crippen molar-refractivity contribution in [3.8, 4) is 0 Å². The molecule has 0 aliphatic heterocycles. The zero-order valence-corrected chi connectivity index (χ0v) is 6.68. The summed E-state index contributed by atoms with van der Waals surface area (Å²) in [5, 5.41) is 17.3. The number of aliphatic hydroxyl groups excluding tert-OH is 1. The van der Waals surface area contributed by atoms with Crippen LogP contribution in [-0.4, -0.2) is 21.8 Å². The molecule has 0 amide bonds. The van der Waals surface area contributed by atoms with Crippen LogP contribution in [0.5, 0.6) is 0 Å². The fraction of sp³-hybridized carbons (Fsp3) is 1.00. The van der Waals surface area contributed by atoms with Gasteiger partial charge < -0.3 is 10.2 Å². The second-order valence-corrected chi connectivity index (χ2v) is 2.91. The zero-order chi connectivity index (χ0) is 7.44. The molecule has 0 saturated carbocycles. The van der Waals surface area contributed by atoms with Crippen molar-refractivity contribution in [3.05, 3.63) is 0 Å². The normalized spacial score (nSPS) is 18.0. The monoisotopic (exact) mass is 150 g/mol. The highest BCUT2D eigenvalue weighted by Gasteiger charge is 2.16. The Kier molecular flexibility index (Phi) is 4.27. The first kappa shape index (κ1) is 9.27. The van der Waals surface area contributed by atoms with Crippen LogP contribution in [0.4, 0.5) is 0 Å². The Labute approximate surface area is 61.3 Å². The summed E-state index contributed by atoms with van der Waals surface area (Å²) in [7, 11) is 0. The summed E-state index contributed by atoms with van der Waals surface area (Å²) in [6.45, 7) is 3.74. The van der Waals surface area contributed by atoms with Crippen LogP contribution in [0.3, 0.4) is 0 Å². The maximum atomic E-state index is 8.63. The SMILES string of the molecule is CCC(S)C(C)C(O)O. The molecular formula is C6H14O2S. The van der Waals surface area contributed by atoms with Crippen molar-refractivity contribution >= 4 is 12.6 Å². The largest absolute Gasteiger partial charge is 0.368 e. The molecule has 0 fully saturated rings. The Morgan fingerprint density at radius 2 is 1.89 bits per heavy atom.